The van der Waals surface area contributed by atoms with Gasteiger partial charge in [-0.2, -0.15) is 5.10 Å². The van der Waals surface area contributed by atoms with Gasteiger partial charge in [0.05, 0.1) is 5.69 Å². The standard InChI is InChI=1S/C19H16FN3O3/c20-15-7-5-13(6-8-15)11-17(19(25)26)22-18(24)14-3-1-4-16(12-14)23-10-2-9-21-23/h1-10,12,17H,11H2,(H,22,24)(H,25,26). The summed E-state index contributed by atoms with van der Waals surface area (Å²) in [7, 11) is 0. The molecule has 0 saturated carbocycles. The zero-order valence-corrected chi connectivity index (χ0v) is 13.7. The van der Waals surface area contributed by atoms with Crippen LogP contribution in [0.25, 0.3) is 5.69 Å². The van der Waals surface area contributed by atoms with Crippen molar-refractivity contribution in [1.29, 1.82) is 0 Å². The SMILES string of the molecule is O=C(NC(Cc1ccc(F)cc1)C(=O)O)c1cccc(-n2cccn2)c1. The van der Waals surface area contributed by atoms with Gasteiger partial charge in [0.25, 0.3) is 5.91 Å². The highest BCUT2D eigenvalue weighted by molar-refractivity contribution is 5.97. The number of hydrogen-bond donors (Lipinski definition) is 2. The van der Waals surface area contributed by atoms with Gasteiger partial charge in [-0.05, 0) is 42.0 Å². The minimum atomic E-state index is -1.16. The molecule has 1 heterocycles. The predicted octanol–water partition coefficient (Wildman–Crippen LogP) is 2.44. The molecule has 0 aliphatic carbocycles. The van der Waals surface area contributed by atoms with Gasteiger partial charge in [-0.1, -0.05) is 18.2 Å². The third kappa shape index (κ3) is 4.13. The van der Waals surface area contributed by atoms with E-state index in [-0.39, 0.29) is 6.42 Å². The van der Waals surface area contributed by atoms with Gasteiger partial charge in [-0.3, -0.25) is 4.79 Å². The van der Waals surface area contributed by atoms with Crippen LogP contribution in [-0.2, 0) is 11.2 Å². The molecule has 0 bridgehead atoms. The van der Waals surface area contributed by atoms with Crippen molar-refractivity contribution >= 4 is 11.9 Å². The monoisotopic (exact) mass is 353 g/mol. The first-order valence-corrected chi connectivity index (χ1v) is 7.91. The maximum Gasteiger partial charge on any atom is 0.326 e. The van der Waals surface area contributed by atoms with E-state index in [4.69, 9.17) is 0 Å². The molecule has 0 aliphatic heterocycles. The van der Waals surface area contributed by atoms with Crippen LogP contribution in [0, 0.1) is 5.82 Å². The molecular formula is C19H16FN3O3. The molecule has 1 amide bonds. The number of nitrogens with one attached hydrogen (secondary N) is 1. The van der Waals surface area contributed by atoms with E-state index in [1.165, 1.54) is 24.3 Å². The zero-order chi connectivity index (χ0) is 18.5. The normalized spacial score (nSPS) is 11.7. The average molecular weight is 353 g/mol. The summed E-state index contributed by atoms with van der Waals surface area (Å²) in [6.45, 7) is 0. The van der Waals surface area contributed by atoms with Crippen molar-refractivity contribution in [1.82, 2.24) is 15.1 Å². The van der Waals surface area contributed by atoms with Gasteiger partial charge in [0.15, 0.2) is 0 Å². The number of amides is 1. The number of carboxylic acid groups (broad SMARTS) is 1. The van der Waals surface area contributed by atoms with E-state index in [1.807, 2.05) is 0 Å². The summed E-state index contributed by atoms with van der Waals surface area (Å²) in [5.74, 6) is -2.07. The summed E-state index contributed by atoms with van der Waals surface area (Å²) in [6, 6.07) is 12.8. The van der Waals surface area contributed by atoms with E-state index < -0.39 is 23.7 Å². The fourth-order valence-corrected chi connectivity index (χ4v) is 2.51. The molecule has 0 fully saturated rings. The van der Waals surface area contributed by atoms with E-state index in [9.17, 15) is 19.1 Å². The summed E-state index contributed by atoms with van der Waals surface area (Å²) in [6.07, 6.45) is 3.42. The first-order chi connectivity index (χ1) is 12.5. The summed E-state index contributed by atoms with van der Waals surface area (Å²) in [5.41, 5.74) is 1.63. The second-order valence-corrected chi connectivity index (χ2v) is 5.70. The molecule has 0 aliphatic rings. The smallest absolute Gasteiger partial charge is 0.326 e. The van der Waals surface area contributed by atoms with Crippen LogP contribution in [0.3, 0.4) is 0 Å². The Balaban J connectivity index is 1.75. The van der Waals surface area contributed by atoms with Gasteiger partial charge in [-0.15, -0.1) is 0 Å². The Bertz CT molecular complexity index is 908. The van der Waals surface area contributed by atoms with E-state index in [1.54, 1.807) is 47.4 Å². The van der Waals surface area contributed by atoms with Crippen molar-refractivity contribution in [3.63, 3.8) is 0 Å². The lowest BCUT2D eigenvalue weighted by molar-refractivity contribution is -0.139. The highest BCUT2D eigenvalue weighted by Gasteiger charge is 2.21. The molecule has 26 heavy (non-hydrogen) atoms. The van der Waals surface area contributed by atoms with E-state index in [2.05, 4.69) is 10.4 Å². The Morgan fingerprint density at radius 3 is 2.58 bits per heavy atom. The molecule has 1 aromatic heterocycles. The highest BCUT2D eigenvalue weighted by atomic mass is 19.1. The van der Waals surface area contributed by atoms with Crippen molar-refractivity contribution in [2.24, 2.45) is 0 Å². The molecule has 2 aromatic carbocycles. The van der Waals surface area contributed by atoms with Crippen molar-refractivity contribution in [3.8, 4) is 5.69 Å². The Hall–Kier alpha value is -3.48. The van der Waals surface area contributed by atoms with Crippen molar-refractivity contribution in [2.45, 2.75) is 12.5 Å². The third-order valence-corrected chi connectivity index (χ3v) is 3.83. The Morgan fingerprint density at radius 2 is 1.92 bits per heavy atom. The Morgan fingerprint density at radius 1 is 1.15 bits per heavy atom. The van der Waals surface area contributed by atoms with Crippen LogP contribution in [0.1, 0.15) is 15.9 Å². The van der Waals surface area contributed by atoms with Crippen LogP contribution >= 0.6 is 0 Å². The number of carbonyl (C=O) groups is 2. The van der Waals surface area contributed by atoms with Crippen LogP contribution in [0.4, 0.5) is 4.39 Å². The average Bonchev–Trinajstić information content (AvgIpc) is 3.17. The minimum absolute atomic E-state index is 0.0558. The molecule has 0 radical (unpaired) electrons. The number of carboxylic acids is 1. The molecule has 6 nitrogen and oxygen atoms in total. The van der Waals surface area contributed by atoms with Crippen molar-refractivity contribution < 1.29 is 19.1 Å². The van der Waals surface area contributed by atoms with Gasteiger partial charge in [0, 0.05) is 24.4 Å². The molecule has 2 N–H and O–H groups in total. The molecule has 0 saturated heterocycles. The molecule has 1 atom stereocenters. The number of aliphatic carboxylic acids is 1. The van der Waals surface area contributed by atoms with Crippen molar-refractivity contribution in [3.05, 3.63) is 83.9 Å². The topological polar surface area (TPSA) is 84.2 Å². The lowest BCUT2D eigenvalue weighted by Gasteiger charge is -2.15. The Labute approximate surface area is 148 Å². The highest BCUT2D eigenvalue weighted by Crippen LogP contribution is 2.11. The van der Waals surface area contributed by atoms with Gasteiger partial charge in [0.1, 0.15) is 11.9 Å². The van der Waals surface area contributed by atoms with Crippen molar-refractivity contribution in [2.75, 3.05) is 0 Å². The van der Waals surface area contributed by atoms with Crippen LogP contribution in [0.2, 0.25) is 0 Å². The van der Waals surface area contributed by atoms with E-state index in [0.717, 1.165) is 0 Å². The molecule has 132 valence electrons. The predicted molar refractivity (Wildman–Crippen MR) is 92.6 cm³/mol. The molecular weight excluding hydrogens is 337 g/mol. The fourth-order valence-electron chi connectivity index (χ4n) is 2.51. The first kappa shape index (κ1) is 17.3. The lowest BCUT2D eigenvalue weighted by Crippen LogP contribution is -2.42. The van der Waals surface area contributed by atoms with Crippen LogP contribution in [0.5, 0.6) is 0 Å². The molecule has 1 unspecified atom stereocenters. The third-order valence-electron chi connectivity index (χ3n) is 3.83. The van der Waals surface area contributed by atoms with E-state index in [0.29, 0.717) is 16.8 Å². The number of halogens is 1. The zero-order valence-electron chi connectivity index (χ0n) is 13.7. The second kappa shape index (κ2) is 7.60. The molecule has 0 spiro atoms. The fraction of sp³-hybridized carbons (Fsp3) is 0.105. The summed E-state index contributed by atoms with van der Waals surface area (Å²) in [5, 5.41) is 16.0. The van der Waals surface area contributed by atoms with E-state index >= 15 is 0 Å². The summed E-state index contributed by atoms with van der Waals surface area (Å²) < 4.78 is 14.6. The molecule has 7 heteroatoms. The molecule has 3 rings (SSSR count). The molecule has 3 aromatic rings. The van der Waals surface area contributed by atoms with Gasteiger partial charge >= 0.3 is 5.97 Å². The van der Waals surface area contributed by atoms with Gasteiger partial charge in [-0.25, -0.2) is 13.9 Å². The first-order valence-electron chi connectivity index (χ1n) is 7.91. The largest absolute Gasteiger partial charge is 0.480 e. The number of carbonyl (C=O) groups excluding carboxylic acids is 1. The number of hydrogen-bond acceptors (Lipinski definition) is 3. The maximum atomic E-state index is 13.0. The van der Waals surface area contributed by atoms with Gasteiger partial charge < -0.3 is 10.4 Å². The number of rotatable bonds is 6. The maximum absolute atomic E-state index is 13.0. The number of aromatic nitrogens is 2. The Kier molecular flexibility index (Phi) is 5.07. The number of benzene rings is 2. The summed E-state index contributed by atoms with van der Waals surface area (Å²) in [4.78, 5) is 23.9. The second-order valence-electron chi connectivity index (χ2n) is 5.70. The van der Waals surface area contributed by atoms with Crippen LogP contribution in [-0.4, -0.2) is 32.8 Å². The van der Waals surface area contributed by atoms with Gasteiger partial charge in [0.2, 0.25) is 0 Å². The number of nitrogens with zero attached hydrogens (tertiary/aromatic N) is 2. The van der Waals surface area contributed by atoms with Crippen LogP contribution < -0.4 is 5.32 Å². The van der Waals surface area contributed by atoms with Crippen LogP contribution in [0.15, 0.2) is 67.0 Å². The minimum Gasteiger partial charge on any atom is -0.480 e. The lowest BCUT2D eigenvalue weighted by atomic mass is 10.1. The quantitative estimate of drug-likeness (QED) is 0.713. The summed E-state index contributed by atoms with van der Waals surface area (Å²) >= 11 is 0.